The van der Waals surface area contributed by atoms with Crippen LogP contribution in [0.3, 0.4) is 0 Å². The fourth-order valence-corrected chi connectivity index (χ4v) is 2.20. The van der Waals surface area contributed by atoms with Crippen LogP contribution in [0, 0.1) is 6.92 Å². The topological polar surface area (TPSA) is 65.8 Å². The molecule has 4 heteroatoms. The zero-order valence-electron chi connectivity index (χ0n) is 10.9. The Hall–Kier alpha value is -2.84. The Balaban J connectivity index is 2.45. The van der Waals surface area contributed by atoms with Crippen LogP contribution in [0.5, 0.6) is 0 Å². The Morgan fingerprint density at radius 1 is 1.00 bits per heavy atom. The summed E-state index contributed by atoms with van der Waals surface area (Å²) in [6.45, 7) is 1.99. The molecular formula is C16H11N3O. The van der Waals surface area contributed by atoms with Crippen LogP contribution in [0.4, 0.5) is 5.69 Å². The van der Waals surface area contributed by atoms with Crippen LogP contribution in [-0.4, -0.2) is 4.79 Å². The number of rotatable bonds is 1. The molecule has 0 aromatic heterocycles. The standard InChI is InChI=1S/C16H11N3O/c1-10-6-8-11(9-7-10)18-14-12-4-2-3-5-13(12)16(20)15(14)19-17/h2-9H,1H3. The molecule has 0 fully saturated rings. The first-order valence-electron chi connectivity index (χ1n) is 6.22. The molecule has 0 amide bonds. The average Bonchev–Trinajstić information content (AvgIpc) is 2.74. The minimum Gasteiger partial charge on any atom is -0.361 e. The molecule has 0 heterocycles. The summed E-state index contributed by atoms with van der Waals surface area (Å²) in [4.78, 5) is 19.7. The van der Waals surface area contributed by atoms with E-state index in [4.69, 9.17) is 5.53 Å². The largest absolute Gasteiger partial charge is 0.388 e. The van der Waals surface area contributed by atoms with Crippen molar-refractivity contribution in [3.63, 3.8) is 0 Å². The van der Waals surface area contributed by atoms with Crippen LogP contribution in [0.25, 0.3) is 16.3 Å². The molecule has 3 aromatic carbocycles. The molecule has 3 rings (SSSR count). The Bertz CT molecular complexity index is 971. The van der Waals surface area contributed by atoms with Gasteiger partial charge in [-0.3, -0.25) is 4.79 Å². The van der Waals surface area contributed by atoms with Gasteiger partial charge >= 0.3 is 5.36 Å². The third-order valence-corrected chi connectivity index (χ3v) is 3.24. The molecule has 3 aromatic rings. The lowest BCUT2D eigenvalue weighted by Gasteiger charge is -1.93. The van der Waals surface area contributed by atoms with Crippen molar-refractivity contribution >= 4 is 16.5 Å². The van der Waals surface area contributed by atoms with E-state index in [1.807, 2.05) is 37.3 Å². The van der Waals surface area contributed by atoms with E-state index in [1.54, 1.807) is 18.2 Å². The van der Waals surface area contributed by atoms with E-state index in [0.29, 0.717) is 16.1 Å². The zero-order chi connectivity index (χ0) is 14.1. The van der Waals surface area contributed by atoms with Crippen molar-refractivity contribution in [2.75, 3.05) is 0 Å². The first-order valence-corrected chi connectivity index (χ1v) is 6.22. The maximum atomic E-state index is 12.1. The van der Waals surface area contributed by atoms with Gasteiger partial charge in [-0.15, -0.1) is 0 Å². The normalized spacial score (nSPS) is 11.8. The third-order valence-electron chi connectivity index (χ3n) is 3.24. The van der Waals surface area contributed by atoms with Gasteiger partial charge in [0.1, 0.15) is 0 Å². The molecule has 20 heavy (non-hydrogen) atoms. The summed E-state index contributed by atoms with van der Waals surface area (Å²) in [7, 11) is 0. The van der Waals surface area contributed by atoms with Crippen molar-refractivity contribution < 1.29 is 4.79 Å². The summed E-state index contributed by atoms with van der Waals surface area (Å²) in [5.41, 5.74) is 10.6. The van der Waals surface area contributed by atoms with Gasteiger partial charge < -0.3 is 5.53 Å². The Morgan fingerprint density at radius 2 is 1.65 bits per heavy atom. The smallest absolute Gasteiger partial charge is 0.361 e. The van der Waals surface area contributed by atoms with Gasteiger partial charge in [0.05, 0.1) is 5.69 Å². The van der Waals surface area contributed by atoms with E-state index < -0.39 is 0 Å². The van der Waals surface area contributed by atoms with Crippen molar-refractivity contribution in [3.8, 4) is 0 Å². The number of aryl methyl sites for hydroxylation is 1. The Labute approximate surface area is 114 Å². The molecule has 0 N–H and O–H groups in total. The zero-order valence-corrected chi connectivity index (χ0v) is 10.9. The van der Waals surface area contributed by atoms with Gasteiger partial charge in [-0.1, -0.05) is 42.0 Å². The molecule has 96 valence electrons. The molecule has 0 saturated carbocycles. The van der Waals surface area contributed by atoms with E-state index in [9.17, 15) is 4.79 Å². The van der Waals surface area contributed by atoms with Gasteiger partial charge in [-0.2, -0.15) is 4.79 Å². The third kappa shape index (κ3) is 1.88. The lowest BCUT2D eigenvalue weighted by atomic mass is 10.2. The SMILES string of the molecule is Cc1ccc(N=c2c(=[N+]=[N-])c(=O)c3ccccc23)cc1. The average molecular weight is 261 g/mol. The Morgan fingerprint density at radius 3 is 2.30 bits per heavy atom. The highest BCUT2D eigenvalue weighted by atomic mass is 16.1. The number of benzene rings is 2. The van der Waals surface area contributed by atoms with E-state index >= 15 is 0 Å². The second-order valence-corrected chi connectivity index (χ2v) is 4.62. The molecule has 0 aliphatic carbocycles. The number of hydrogen-bond acceptors (Lipinski definition) is 2. The van der Waals surface area contributed by atoms with Gasteiger partial charge in [-0.25, -0.2) is 4.99 Å². The van der Waals surface area contributed by atoms with Gasteiger partial charge in [0.25, 0.3) is 5.43 Å². The molecule has 0 unspecified atom stereocenters. The predicted molar refractivity (Wildman–Crippen MR) is 75.7 cm³/mol. The van der Waals surface area contributed by atoms with Crippen LogP contribution in [0.15, 0.2) is 58.3 Å². The predicted octanol–water partition coefficient (Wildman–Crippen LogP) is 1.75. The lowest BCUT2D eigenvalue weighted by Crippen LogP contribution is -2.33. The molecule has 0 aliphatic rings. The molecule has 0 radical (unpaired) electrons. The van der Waals surface area contributed by atoms with Crippen molar-refractivity contribution in [2.24, 2.45) is 4.99 Å². The van der Waals surface area contributed by atoms with Crippen LogP contribution < -0.4 is 16.1 Å². The van der Waals surface area contributed by atoms with Crippen LogP contribution >= 0.6 is 0 Å². The van der Waals surface area contributed by atoms with Crippen molar-refractivity contribution in [3.05, 3.63) is 80.6 Å². The molecule has 0 saturated heterocycles. The monoisotopic (exact) mass is 261 g/mol. The van der Waals surface area contributed by atoms with E-state index in [-0.39, 0.29) is 10.8 Å². The van der Waals surface area contributed by atoms with Crippen molar-refractivity contribution in [1.29, 1.82) is 0 Å². The van der Waals surface area contributed by atoms with Crippen LogP contribution in [0.2, 0.25) is 0 Å². The number of hydrogen-bond donors (Lipinski definition) is 0. The highest BCUT2D eigenvalue weighted by Gasteiger charge is 2.13. The summed E-state index contributed by atoms with van der Waals surface area (Å²) in [6.07, 6.45) is 0. The molecule has 0 bridgehead atoms. The number of nitrogens with zero attached hydrogens (tertiary/aromatic N) is 3. The van der Waals surface area contributed by atoms with Crippen molar-refractivity contribution in [1.82, 2.24) is 0 Å². The number of fused-ring (bicyclic) bond motifs is 1. The van der Waals surface area contributed by atoms with E-state index in [1.165, 1.54) is 0 Å². The quantitative estimate of drug-likeness (QED) is 0.486. The maximum absolute atomic E-state index is 12.1. The van der Waals surface area contributed by atoms with Gasteiger partial charge in [-0.05, 0) is 19.1 Å². The summed E-state index contributed by atoms with van der Waals surface area (Å²) in [6, 6.07) is 14.7. The minimum atomic E-state index is -0.297. The minimum absolute atomic E-state index is 0.00762. The molecule has 0 atom stereocenters. The summed E-state index contributed by atoms with van der Waals surface area (Å²) in [5.74, 6) is 0. The molecule has 0 spiro atoms. The maximum Gasteiger partial charge on any atom is 0.388 e. The van der Waals surface area contributed by atoms with E-state index in [2.05, 4.69) is 9.78 Å². The Kier molecular flexibility index (Phi) is 2.86. The first kappa shape index (κ1) is 12.2. The second-order valence-electron chi connectivity index (χ2n) is 4.62. The molecular weight excluding hydrogens is 250 g/mol. The molecule has 0 aliphatic heterocycles. The van der Waals surface area contributed by atoms with Crippen molar-refractivity contribution in [2.45, 2.75) is 6.92 Å². The van der Waals surface area contributed by atoms with E-state index in [0.717, 1.165) is 11.3 Å². The van der Waals surface area contributed by atoms with Gasteiger partial charge in [0.15, 0.2) is 5.36 Å². The summed E-state index contributed by atoms with van der Waals surface area (Å²) in [5, 5.41) is 1.63. The lowest BCUT2D eigenvalue weighted by molar-refractivity contribution is -0.0677. The second kappa shape index (κ2) is 4.68. The van der Waals surface area contributed by atoms with Crippen LogP contribution in [-0.2, 0) is 0 Å². The van der Waals surface area contributed by atoms with Gasteiger partial charge in [0.2, 0.25) is 0 Å². The van der Waals surface area contributed by atoms with Crippen LogP contribution in [0.1, 0.15) is 5.56 Å². The first-order chi connectivity index (χ1) is 9.70. The summed E-state index contributed by atoms with van der Waals surface area (Å²) >= 11 is 0. The fourth-order valence-electron chi connectivity index (χ4n) is 2.20. The fraction of sp³-hybridized carbons (Fsp3) is 0.0625. The van der Waals surface area contributed by atoms with Gasteiger partial charge in [0, 0.05) is 10.8 Å². The highest BCUT2D eigenvalue weighted by molar-refractivity contribution is 5.83. The molecule has 4 nitrogen and oxygen atoms in total. The summed E-state index contributed by atoms with van der Waals surface area (Å²) < 4.78 is 0. The highest BCUT2D eigenvalue weighted by Crippen LogP contribution is 2.12.